The van der Waals surface area contributed by atoms with Crippen LogP contribution < -0.4 is 0 Å². The highest BCUT2D eigenvalue weighted by Gasteiger charge is 2.40. The van der Waals surface area contributed by atoms with E-state index in [1.54, 1.807) is 0 Å². The van der Waals surface area contributed by atoms with Gasteiger partial charge in [-0.25, -0.2) is 0 Å². The molecular formula is C31H57NO. The van der Waals surface area contributed by atoms with Crippen molar-refractivity contribution in [3.8, 4) is 0 Å². The van der Waals surface area contributed by atoms with E-state index in [4.69, 9.17) is 0 Å². The Morgan fingerprint density at radius 3 is 1.76 bits per heavy atom. The molecule has 7 unspecified atom stereocenters. The van der Waals surface area contributed by atoms with E-state index in [0.29, 0.717) is 11.8 Å². The molecule has 1 N–H and O–H groups in total. The Kier molecular flexibility index (Phi) is 9.27. The van der Waals surface area contributed by atoms with Gasteiger partial charge in [-0.05, 0) is 131 Å². The number of hydrogen-bond donors (Lipinski definition) is 1. The average molecular weight is 460 g/mol. The van der Waals surface area contributed by atoms with Crippen molar-refractivity contribution in [3.63, 3.8) is 0 Å². The van der Waals surface area contributed by atoms with Crippen LogP contribution in [0, 0.1) is 41.4 Å². The van der Waals surface area contributed by atoms with Crippen LogP contribution in [0.4, 0.5) is 0 Å². The molecule has 33 heavy (non-hydrogen) atoms. The van der Waals surface area contributed by atoms with Gasteiger partial charge in [0, 0.05) is 18.1 Å². The number of aliphatic hydroxyl groups is 1. The predicted molar refractivity (Wildman–Crippen MR) is 141 cm³/mol. The molecule has 4 rings (SSSR count). The van der Waals surface area contributed by atoms with Gasteiger partial charge in [0.15, 0.2) is 0 Å². The Morgan fingerprint density at radius 1 is 0.606 bits per heavy atom. The number of rotatable bonds is 6. The molecule has 192 valence electrons. The molecule has 0 spiro atoms. The molecule has 0 bridgehead atoms. The standard InChI is InChI=1S/C31H57NO/c1-6-25-8-13-28(14-9-25)32(30-12-7-22(3)23(4)19-30)29-15-10-26(11-16-29)20-27-18-21(2)17-24(5)31(27)33/h21-31,33H,6-20H2,1-5H3. The van der Waals surface area contributed by atoms with Crippen LogP contribution in [0.25, 0.3) is 0 Å². The summed E-state index contributed by atoms with van der Waals surface area (Å²) in [5.41, 5.74) is 0. The van der Waals surface area contributed by atoms with Gasteiger partial charge < -0.3 is 5.11 Å². The lowest BCUT2D eigenvalue weighted by Crippen LogP contribution is -2.53. The van der Waals surface area contributed by atoms with Crippen LogP contribution in [0.3, 0.4) is 0 Å². The Morgan fingerprint density at radius 2 is 1.18 bits per heavy atom. The van der Waals surface area contributed by atoms with Gasteiger partial charge in [-0.1, -0.05) is 41.0 Å². The van der Waals surface area contributed by atoms with Crippen molar-refractivity contribution in [2.24, 2.45) is 41.4 Å². The third kappa shape index (κ3) is 6.38. The maximum atomic E-state index is 10.8. The first-order chi connectivity index (χ1) is 15.9. The Labute approximate surface area is 206 Å². The molecule has 0 aromatic heterocycles. The second-order valence-electron chi connectivity index (χ2n) is 13.7. The van der Waals surface area contributed by atoms with Crippen LogP contribution in [0.2, 0.25) is 0 Å². The fraction of sp³-hybridized carbons (Fsp3) is 1.00. The molecule has 2 nitrogen and oxygen atoms in total. The largest absolute Gasteiger partial charge is 0.393 e. The molecule has 7 atom stereocenters. The van der Waals surface area contributed by atoms with Gasteiger partial charge in [-0.3, -0.25) is 4.90 Å². The number of nitrogens with zero attached hydrogens (tertiary/aromatic N) is 1. The molecule has 0 aliphatic heterocycles. The Balaban J connectivity index is 1.37. The van der Waals surface area contributed by atoms with Gasteiger partial charge in [0.2, 0.25) is 0 Å². The third-order valence-electron chi connectivity index (χ3n) is 11.2. The fourth-order valence-corrected chi connectivity index (χ4v) is 8.87. The predicted octanol–water partition coefficient (Wildman–Crippen LogP) is 8.07. The molecule has 0 saturated heterocycles. The topological polar surface area (TPSA) is 23.5 Å². The summed E-state index contributed by atoms with van der Waals surface area (Å²) >= 11 is 0. The van der Waals surface area contributed by atoms with Crippen LogP contribution in [-0.4, -0.2) is 34.2 Å². The fourth-order valence-electron chi connectivity index (χ4n) is 8.87. The van der Waals surface area contributed by atoms with Gasteiger partial charge in [-0.15, -0.1) is 0 Å². The van der Waals surface area contributed by atoms with Crippen molar-refractivity contribution in [1.29, 1.82) is 0 Å². The van der Waals surface area contributed by atoms with Crippen LogP contribution in [0.5, 0.6) is 0 Å². The first-order valence-electron chi connectivity index (χ1n) is 15.3. The minimum atomic E-state index is -0.0464. The molecule has 0 amide bonds. The molecule has 4 aliphatic carbocycles. The maximum Gasteiger partial charge on any atom is 0.0594 e. The van der Waals surface area contributed by atoms with Crippen molar-refractivity contribution in [2.75, 3.05) is 0 Å². The molecule has 2 heteroatoms. The lowest BCUT2D eigenvalue weighted by Gasteiger charge is -2.50. The summed E-state index contributed by atoms with van der Waals surface area (Å²) < 4.78 is 0. The summed E-state index contributed by atoms with van der Waals surface area (Å²) in [4.78, 5) is 3.14. The summed E-state index contributed by atoms with van der Waals surface area (Å²) in [5, 5.41) is 10.8. The minimum Gasteiger partial charge on any atom is -0.393 e. The van der Waals surface area contributed by atoms with Crippen LogP contribution in [0.1, 0.15) is 131 Å². The zero-order chi connectivity index (χ0) is 23.5. The second kappa shape index (κ2) is 11.8. The van der Waals surface area contributed by atoms with E-state index in [9.17, 15) is 5.11 Å². The Hall–Kier alpha value is -0.0800. The van der Waals surface area contributed by atoms with Crippen LogP contribution >= 0.6 is 0 Å². The smallest absolute Gasteiger partial charge is 0.0594 e. The van der Waals surface area contributed by atoms with Crippen molar-refractivity contribution in [2.45, 2.75) is 155 Å². The summed E-state index contributed by atoms with van der Waals surface area (Å²) in [6, 6.07) is 2.55. The van der Waals surface area contributed by atoms with E-state index in [2.05, 4.69) is 39.5 Å². The summed E-state index contributed by atoms with van der Waals surface area (Å²) in [6.07, 6.45) is 21.0. The van der Waals surface area contributed by atoms with Crippen LogP contribution in [-0.2, 0) is 0 Å². The maximum absolute atomic E-state index is 10.8. The summed E-state index contributed by atoms with van der Waals surface area (Å²) in [6.45, 7) is 12.1. The van der Waals surface area contributed by atoms with E-state index in [1.165, 1.54) is 96.3 Å². The SMILES string of the molecule is CCC1CCC(N(C2CCC(CC3CC(C)CC(C)C3O)CC2)C2CCC(C)C(C)C2)CC1. The van der Waals surface area contributed by atoms with Crippen molar-refractivity contribution >= 4 is 0 Å². The van der Waals surface area contributed by atoms with Crippen molar-refractivity contribution in [1.82, 2.24) is 4.90 Å². The monoisotopic (exact) mass is 459 g/mol. The quantitative estimate of drug-likeness (QED) is 0.434. The van der Waals surface area contributed by atoms with Gasteiger partial charge in [-0.2, -0.15) is 0 Å². The second-order valence-corrected chi connectivity index (χ2v) is 13.7. The molecule has 0 aromatic carbocycles. The first-order valence-corrected chi connectivity index (χ1v) is 15.3. The highest BCUT2D eigenvalue weighted by Crippen LogP contribution is 2.43. The highest BCUT2D eigenvalue weighted by atomic mass is 16.3. The van der Waals surface area contributed by atoms with E-state index in [-0.39, 0.29) is 6.10 Å². The number of aliphatic hydroxyl groups excluding tert-OH is 1. The van der Waals surface area contributed by atoms with Crippen molar-refractivity contribution < 1.29 is 5.11 Å². The van der Waals surface area contributed by atoms with Crippen LogP contribution in [0.15, 0.2) is 0 Å². The van der Waals surface area contributed by atoms with E-state index in [0.717, 1.165) is 47.7 Å². The Bertz CT molecular complexity index is 575. The summed E-state index contributed by atoms with van der Waals surface area (Å²) in [5.74, 6) is 5.53. The van der Waals surface area contributed by atoms with E-state index in [1.807, 2.05) is 0 Å². The van der Waals surface area contributed by atoms with Crippen molar-refractivity contribution in [3.05, 3.63) is 0 Å². The van der Waals surface area contributed by atoms with E-state index < -0.39 is 0 Å². The van der Waals surface area contributed by atoms with Gasteiger partial charge in [0.05, 0.1) is 6.10 Å². The normalized spacial score (nSPS) is 47.5. The molecule has 4 aliphatic rings. The molecular weight excluding hydrogens is 402 g/mol. The molecule has 0 aromatic rings. The lowest BCUT2D eigenvalue weighted by molar-refractivity contribution is -0.0208. The van der Waals surface area contributed by atoms with Gasteiger partial charge in [0.1, 0.15) is 0 Å². The first kappa shape index (κ1) is 26.0. The number of hydrogen-bond acceptors (Lipinski definition) is 2. The van der Waals surface area contributed by atoms with E-state index >= 15 is 0 Å². The third-order valence-corrected chi connectivity index (χ3v) is 11.2. The van der Waals surface area contributed by atoms with Gasteiger partial charge in [0.25, 0.3) is 0 Å². The zero-order valence-corrected chi connectivity index (χ0v) is 22.9. The summed E-state index contributed by atoms with van der Waals surface area (Å²) in [7, 11) is 0. The van der Waals surface area contributed by atoms with Gasteiger partial charge >= 0.3 is 0 Å². The molecule has 4 fully saturated rings. The zero-order valence-electron chi connectivity index (χ0n) is 22.9. The minimum absolute atomic E-state index is 0.0464. The highest BCUT2D eigenvalue weighted by molar-refractivity contribution is 4.94. The molecule has 0 radical (unpaired) electrons. The average Bonchev–Trinajstić information content (AvgIpc) is 2.81. The molecule has 4 saturated carbocycles. The lowest BCUT2D eigenvalue weighted by atomic mass is 9.69. The molecule has 0 heterocycles.